The van der Waals surface area contributed by atoms with Crippen LogP contribution in [0.3, 0.4) is 0 Å². The van der Waals surface area contributed by atoms with E-state index in [2.05, 4.69) is 5.32 Å². The molecule has 0 saturated carbocycles. The van der Waals surface area contributed by atoms with Crippen molar-refractivity contribution in [2.24, 2.45) is 5.92 Å². The van der Waals surface area contributed by atoms with Gasteiger partial charge in [0.25, 0.3) is 5.91 Å². The zero-order valence-electron chi connectivity index (χ0n) is 11.7. The summed E-state index contributed by atoms with van der Waals surface area (Å²) in [4.78, 5) is 23.3. The van der Waals surface area contributed by atoms with E-state index in [0.29, 0.717) is 6.42 Å². The maximum atomic E-state index is 12.1. The zero-order valence-corrected chi connectivity index (χ0v) is 11.7. The van der Waals surface area contributed by atoms with Crippen molar-refractivity contribution in [1.29, 1.82) is 0 Å². The normalized spacial score (nSPS) is 13.3. The number of para-hydroxylation sites is 1. The van der Waals surface area contributed by atoms with Crippen molar-refractivity contribution in [3.8, 4) is 11.5 Å². The summed E-state index contributed by atoms with van der Waals surface area (Å²) in [6, 6.07) is 3.46. The van der Waals surface area contributed by atoms with Gasteiger partial charge >= 0.3 is 5.97 Å². The number of phenolic OH excluding ortho intramolecular Hbond substituents is 1. The SMILES string of the molecule is CCC(C)C(NC(=O)c1cccc(OC)c1O)C(=O)O. The first kappa shape index (κ1) is 15.8. The number of benzene rings is 1. The highest BCUT2D eigenvalue weighted by molar-refractivity contribution is 5.99. The van der Waals surface area contributed by atoms with Crippen LogP contribution in [0.2, 0.25) is 0 Å². The van der Waals surface area contributed by atoms with E-state index in [4.69, 9.17) is 9.84 Å². The van der Waals surface area contributed by atoms with Gasteiger partial charge in [-0.1, -0.05) is 26.3 Å². The van der Waals surface area contributed by atoms with Crippen LogP contribution in [0.4, 0.5) is 0 Å². The molecule has 1 rings (SSSR count). The van der Waals surface area contributed by atoms with E-state index in [0.717, 1.165) is 0 Å². The Morgan fingerprint density at radius 1 is 1.40 bits per heavy atom. The number of carbonyl (C=O) groups excluding carboxylic acids is 1. The topological polar surface area (TPSA) is 95.9 Å². The summed E-state index contributed by atoms with van der Waals surface area (Å²) in [6.07, 6.45) is 0.612. The number of phenols is 1. The Kier molecular flexibility index (Phi) is 5.37. The highest BCUT2D eigenvalue weighted by Gasteiger charge is 2.27. The monoisotopic (exact) mass is 281 g/mol. The molecule has 6 nitrogen and oxygen atoms in total. The molecule has 0 fully saturated rings. The third kappa shape index (κ3) is 3.40. The lowest BCUT2D eigenvalue weighted by molar-refractivity contribution is -0.140. The van der Waals surface area contributed by atoms with Crippen LogP contribution >= 0.6 is 0 Å². The third-order valence-corrected chi connectivity index (χ3v) is 3.23. The van der Waals surface area contributed by atoms with Gasteiger partial charge in [-0.2, -0.15) is 0 Å². The van der Waals surface area contributed by atoms with Crippen molar-refractivity contribution in [3.05, 3.63) is 23.8 Å². The highest BCUT2D eigenvalue weighted by atomic mass is 16.5. The maximum absolute atomic E-state index is 12.1. The summed E-state index contributed by atoms with van der Waals surface area (Å²) < 4.78 is 4.91. The van der Waals surface area contributed by atoms with Gasteiger partial charge in [0, 0.05) is 0 Å². The molecule has 0 spiro atoms. The van der Waals surface area contributed by atoms with Crippen LogP contribution in [0, 0.1) is 5.92 Å². The van der Waals surface area contributed by atoms with Crippen molar-refractivity contribution in [2.75, 3.05) is 7.11 Å². The van der Waals surface area contributed by atoms with Crippen LogP contribution < -0.4 is 10.1 Å². The number of methoxy groups -OCH3 is 1. The lowest BCUT2D eigenvalue weighted by Crippen LogP contribution is -2.45. The summed E-state index contributed by atoms with van der Waals surface area (Å²) in [6.45, 7) is 3.58. The number of aliphatic carboxylic acids is 1. The minimum Gasteiger partial charge on any atom is -0.504 e. The number of carbonyl (C=O) groups is 2. The van der Waals surface area contributed by atoms with E-state index >= 15 is 0 Å². The van der Waals surface area contributed by atoms with Gasteiger partial charge in [0.05, 0.1) is 12.7 Å². The fourth-order valence-electron chi connectivity index (χ4n) is 1.77. The minimum absolute atomic E-state index is 0.0149. The molecule has 3 N–H and O–H groups in total. The number of amides is 1. The Bertz CT molecular complexity index is 500. The van der Waals surface area contributed by atoms with Gasteiger partial charge in [-0.3, -0.25) is 4.79 Å². The van der Waals surface area contributed by atoms with Crippen molar-refractivity contribution < 1.29 is 24.5 Å². The van der Waals surface area contributed by atoms with E-state index in [1.54, 1.807) is 13.0 Å². The molecule has 0 aliphatic rings. The fourth-order valence-corrected chi connectivity index (χ4v) is 1.77. The fraction of sp³-hybridized carbons (Fsp3) is 0.429. The molecule has 0 aliphatic heterocycles. The van der Waals surface area contributed by atoms with Crippen molar-refractivity contribution in [2.45, 2.75) is 26.3 Å². The van der Waals surface area contributed by atoms with Gasteiger partial charge in [0.15, 0.2) is 11.5 Å². The van der Waals surface area contributed by atoms with Crippen LogP contribution in [-0.2, 0) is 4.79 Å². The summed E-state index contributed by atoms with van der Waals surface area (Å²) in [7, 11) is 1.37. The van der Waals surface area contributed by atoms with Gasteiger partial charge in [-0.05, 0) is 18.1 Å². The number of carboxylic acid groups (broad SMARTS) is 1. The summed E-state index contributed by atoms with van der Waals surface area (Å²) in [5.41, 5.74) is -0.0149. The van der Waals surface area contributed by atoms with E-state index in [-0.39, 0.29) is 23.0 Å². The Morgan fingerprint density at radius 3 is 2.55 bits per heavy atom. The van der Waals surface area contributed by atoms with Crippen LogP contribution in [0.15, 0.2) is 18.2 Å². The van der Waals surface area contributed by atoms with Crippen molar-refractivity contribution >= 4 is 11.9 Å². The standard InChI is InChI=1S/C14H19NO5/c1-4-8(2)11(14(18)19)15-13(17)9-6-5-7-10(20-3)12(9)16/h5-8,11,16H,4H2,1-3H3,(H,15,17)(H,18,19). The molecule has 110 valence electrons. The quantitative estimate of drug-likeness (QED) is 0.736. The van der Waals surface area contributed by atoms with Crippen LogP contribution in [0.1, 0.15) is 30.6 Å². The number of ether oxygens (including phenoxy) is 1. The van der Waals surface area contributed by atoms with E-state index < -0.39 is 17.9 Å². The number of aromatic hydroxyl groups is 1. The van der Waals surface area contributed by atoms with E-state index in [9.17, 15) is 14.7 Å². The molecule has 20 heavy (non-hydrogen) atoms. The average molecular weight is 281 g/mol. The Morgan fingerprint density at radius 2 is 2.05 bits per heavy atom. The molecule has 1 amide bonds. The van der Waals surface area contributed by atoms with Gasteiger partial charge < -0.3 is 20.3 Å². The maximum Gasteiger partial charge on any atom is 0.326 e. The zero-order chi connectivity index (χ0) is 15.3. The number of hydrogen-bond donors (Lipinski definition) is 3. The molecule has 0 heterocycles. The Balaban J connectivity index is 2.98. The second kappa shape index (κ2) is 6.79. The smallest absolute Gasteiger partial charge is 0.326 e. The van der Waals surface area contributed by atoms with Crippen molar-refractivity contribution in [3.63, 3.8) is 0 Å². The van der Waals surface area contributed by atoms with Crippen LogP contribution in [0.25, 0.3) is 0 Å². The molecule has 0 saturated heterocycles. The predicted octanol–water partition coefficient (Wildman–Crippen LogP) is 1.63. The number of nitrogens with one attached hydrogen (secondary N) is 1. The summed E-state index contributed by atoms with van der Waals surface area (Å²) >= 11 is 0. The molecule has 2 atom stereocenters. The molecule has 1 aromatic carbocycles. The first-order chi connectivity index (χ1) is 9.42. The number of hydrogen-bond acceptors (Lipinski definition) is 4. The highest BCUT2D eigenvalue weighted by Crippen LogP contribution is 2.29. The predicted molar refractivity (Wildman–Crippen MR) is 73.0 cm³/mol. The summed E-state index contributed by atoms with van der Waals surface area (Å²) in [5.74, 6) is -2.11. The van der Waals surface area contributed by atoms with Gasteiger partial charge in [-0.25, -0.2) is 4.79 Å². The molecule has 6 heteroatoms. The molecular formula is C14H19NO5. The third-order valence-electron chi connectivity index (χ3n) is 3.23. The molecule has 0 aliphatic carbocycles. The van der Waals surface area contributed by atoms with Gasteiger partial charge in [0.2, 0.25) is 0 Å². The second-order valence-electron chi connectivity index (χ2n) is 4.53. The first-order valence-corrected chi connectivity index (χ1v) is 6.32. The van der Waals surface area contributed by atoms with E-state index in [1.165, 1.54) is 19.2 Å². The minimum atomic E-state index is -1.10. The average Bonchev–Trinajstić information content (AvgIpc) is 2.43. The number of carboxylic acids is 1. The van der Waals surface area contributed by atoms with Crippen LogP contribution in [0.5, 0.6) is 11.5 Å². The van der Waals surface area contributed by atoms with Crippen LogP contribution in [-0.4, -0.2) is 35.2 Å². The van der Waals surface area contributed by atoms with Crippen molar-refractivity contribution in [1.82, 2.24) is 5.32 Å². The molecule has 2 unspecified atom stereocenters. The Labute approximate surface area is 117 Å². The number of rotatable bonds is 6. The molecule has 0 radical (unpaired) electrons. The summed E-state index contributed by atoms with van der Waals surface area (Å²) in [5, 5.41) is 21.4. The van der Waals surface area contributed by atoms with Gasteiger partial charge in [-0.15, -0.1) is 0 Å². The molecule has 0 aromatic heterocycles. The van der Waals surface area contributed by atoms with Gasteiger partial charge in [0.1, 0.15) is 6.04 Å². The first-order valence-electron chi connectivity index (χ1n) is 6.32. The molecular weight excluding hydrogens is 262 g/mol. The second-order valence-corrected chi connectivity index (χ2v) is 4.53. The lowest BCUT2D eigenvalue weighted by atomic mass is 9.99. The van der Waals surface area contributed by atoms with E-state index in [1.807, 2.05) is 6.92 Å². The lowest BCUT2D eigenvalue weighted by Gasteiger charge is -2.20. The largest absolute Gasteiger partial charge is 0.504 e. The molecule has 1 aromatic rings. The Hall–Kier alpha value is -2.24. The molecule has 0 bridgehead atoms.